The van der Waals surface area contributed by atoms with Crippen LogP contribution < -0.4 is 0 Å². The number of carbonyl (C=O) groups excluding carboxylic acids is 1. The van der Waals surface area contributed by atoms with Gasteiger partial charge >= 0.3 is 6.18 Å². The summed E-state index contributed by atoms with van der Waals surface area (Å²) in [6.07, 6.45) is 3.37. The molecule has 0 aliphatic heterocycles. The first-order chi connectivity index (χ1) is 20.3. The number of nitrogens with zero attached hydrogens (tertiary/aromatic N) is 5. The molecule has 0 N–H and O–H groups in total. The molecule has 0 amide bonds. The highest BCUT2D eigenvalue weighted by molar-refractivity contribution is 7.92. The number of sulfone groups is 1. The molecule has 224 valence electrons. The number of carbonyl (C=O) groups is 1. The predicted octanol–water partition coefficient (Wildman–Crippen LogP) is 5.63. The number of rotatable bonds is 6. The second-order valence-electron chi connectivity index (χ2n) is 11.2. The van der Waals surface area contributed by atoms with Crippen LogP contribution in [0.3, 0.4) is 0 Å². The van der Waals surface area contributed by atoms with Gasteiger partial charge in [0.15, 0.2) is 15.6 Å². The third-order valence-corrected chi connectivity index (χ3v) is 10.9. The number of pyridine rings is 1. The lowest BCUT2D eigenvalue weighted by molar-refractivity contribution is -0.137. The lowest BCUT2D eigenvalue weighted by Crippen LogP contribution is -2.45. The smallest absolute Gasteiger partial charge is 0.291 e. The fraction of sp³-hybridized carbons (Fsp3) is 0.333. The summed E-state index contributed by atoms with van der Waals surface area (Å²) in [4.78, 5) is 18.5. The van der Waals surface area contributed by atoms with Gasteiger partial charge in [-0.25, -0.2) is 17.5 Å². The zero-order chi connectivity index (χ0) is 30.7. The molecular formula is C30H27F4N5O3S. The number of Topliss-reactive ketones (excluding diaryl/α,β-unsaturated/α-hetero) is 1. The fourth-order valence-electron chi connectivity index (χ4n) is 6.33. The summed E-state index contributed by atoms with van der Waals surface area (Å²) in [5.41, 5.74) is -0.0408. The summed E-state index contributed by atoms with van der Waals surface area (Å²) in [7, 11) is -2.21. The summed E-state index contributed by atoms with van der Waals surface area (Å²) in [6, 6.07) is 7.32. The summed E-state index contributed by atoms with van der Waals surface area (Å²) < 4.78 is 84.5. The Morgan fingerprint density at radius 3 is 2.53 bits per heavy atom. The highest BCUT2D eigenvalue weighted by Crippen LogP contribution is 2.53. The van der Waals surface area contributed by atoms with Gasteiger partial charge in [-0.05, 0) is 86.6 Å². The van der Waals surface area contributed by atoms with E-state index < -0.39 is 49.8 Å². The molecule has 1 fully saturated rings. The van der Waals surface area contributed by atoms with E-state index in [1.807, 2.05) is 6.08 Å². The molecule has 3 atom stereocenters. The molecule has 0 radical (unpaired) electrons. The number of halogens is 4. The molecule has 4 aromatic rings. The number of aryl methyl sites for hydroxylation is 1. The summed E-state index contributed by atoms with van der Waals surface area (Å²) >= 11 is 0. The topological polar surface area (TPSA) is 99.7 Å². The third kappa shape index (κ3) is 4.98. The molecule has 0 saturated heterocycles. The maximum atomic E-state index is 14.3. The van der Waals surface area contributed by atoms with Crippen LogP contribution in [0.4, 0.5) is 17.6 Å². The van der Waals surface area contributed by atoms with Gasteiger partial charge in [-0.2, -0.15) is 23.4 Å². The average Bonchev–Trinajstić information content (AvgIpc) is 3.61. The van der Waals surface area contributed by atoms with Gasteiger partial charge in [0.2, 0.25) is 0 Å². The number of hydrogen-bond acceptors (Lipinski definition) is 6. The Labute approximate surface area is 245 Å². The highest BCUT2D eigenvalue weighted by Gasteiger charge is 2.52. The van der Waals surface area contributed by atoms with E-state index in [-0.39, 0.29) is 23.4 Å². The number of allylic oxidation sites excluding steroid dienone is 1. The number of aromatic nitrogens is 5. The van der Waals surface area contributed by atoms with Crippen LogP contribution in [0.25, 0.3) is 11.8 Å². The van der Waals surface area contributed by atoms with Crippen molar-refractivity contribution in [1.82, 2.24) is 24.5 Å². The monoisotopic (exact) mass is 613 g/mol. The number of benzene rings is 1. The molecule has 3 aromatic heterocycles. The van der Waals surface area contributed by atoms with Crippen LogP contribution in [-0.2, 0) is 29.5 Å². The maximum absolute atomic E-state index is 14.3. The van der Waals surface area contributed by atoms with E-state index in [0.717, 1.165) is 18.3 Å². The van der Waals surface area contributed by atoms with Crippen LogP contribution in [0.2, 0.25) is 0 Å². The largest absolute Gasteiger partial charge is 0.416 e. The average molecular weight is 614 g/mol. The Hall–Kier alpha value is -4.13. The molecule has 8 nitrogen and oxygen atoms in total. The Balaban J connectivity index is 1.44. The van der Waals surface area contributed by atoms with Crippen molar-refractivity contribution in [2.24, 2.45) is 18.4 Å². The van der Waals surface area contributed by atoms with Crippen molar-refractivity contribution in [3.8, 4) is 5.69 Å². The van der Waals surface area contributed by atoms with Gasteiger partial charge in [0.05, 0.1) is 40.0 Å². The third-order valence-electron chi connectivity index (χ3n) is 8.69. The number of fused-ring (bicyclic) bond motifs is 2. The van der Waals surface area contributed by atoms with Crippen molar-refractivity contribution < 1.29 is 30.8 Å². The van der Waals surface area contributed by atoms with Crippen LogP contribution in [0, 0.1) is 17.2 Å². The molecular weight excluding hydrogens is 586 g/mol. The van der Waals surface area contributed by atoms with Gasteiger partial charge in [-0.15, -0.1) is 0 Å². The van der Waals surface area contributed by atoms with Gasteiger partial charge in [0.1, 0.15) is 16.4 Å². The first-order valence-corrected chi connectivity index (χ1v) is 15.2. The molecule has 0 unspecified atom stereocenters. The van der Waals surface area contributed by atoms with Crippen molar-refractivity contribution >= 4 is 21.7 Å². The van der Waals surface area contributed by atoms with Crippen molar-refractivity contribution in [1.29, 1.82) is 0 Å². The fourth-order valence-corrected chi connectivity index (χ4v) is 7.99. The summed E-state index contributed by atoms with van der Waals surface area (Å²) in [5, 5.41) is 7.57. The minimum atomic E-state index is -4.67. The zero-order valence-electron chi connectivity index (χ0n) is 23.2. The molecule has 3 heterocycles. The van der Waals surface area contributed by atoms with Gasteiger partial charge in [-0.1, -0.05) is 5.57 Å². The Morgan fingerprint density at radius 2 is 1.86 bits per heavy atom. The van der Waals surface area contributed by atoms with Crippen LogP contribution in [0.15, 0.2) is 71.7 Å². The van der Waals surface area contributed by atoms with Gasteiger partial charge in [0.25, 0.3) is 0 Å². The van der Waals surface area contributed by atoms with E-state index in [1.54, 1.807) is 37.0 Å². The number of hydrogen-bond donors (Lipinski definition) is 0. The molecule has 6 rings (SSSR count). The van der Waals surface area contributed by atoms with E-state index >= 15 is 0 Å². The Morgan fingerprint density at radius 1 is 1.12 bits per heavy atom. The maximum Gasteiger partial charge on any atom is 0.416 e. The lowest BCUT2D eigenvalue weighted by atomic mass is 9.58. The minimum Gasteiger partial charge on any atom is -0.291 e. The molecule has 2 aliphatic rings. The first-order valence-electron chi connectivity index (χ1n) is 13.6. The molecule has 1 saturated carbocycles. The van der Waals surface area contributed by atoms with E-state index in [4.69, 9.17) is 0 Å². The first kappa shape index (κ1) is 29.0. The van der Waals surface area contributed by atoms with Gasteiger partial charge < -0.3 is 0 Å². The number of ketones is 1. The van der Waals surface area contributed by atoms with Gasteiger partial charge in [0, 0.05) is 19.4 Å². The molecule has 43 heavy (non-hydrogen) atoms. The predicted molar refractivity (Wildman–Crippen MR) is 148 cm³/mol. The van der Waals surface area contributed by atoms with Crippen molar-refractivity contribution in [2.45, 2.75) is 48.9 Å². The normalized spacial score (nSPS) is 21.1. The second kappa shape index (κ2) is 10.2. The Bertz CT molecular complexity index is 1860. The van der Waals surface area contributed by atoms with Gasteiger partial charge in [-0.3, -0.25) is 14.5 Å². The quantitative estimate of drug-likeness (QED) is 0.207. The van der Waals surface area contributed by atoms with E-state index in [9.17, 15) is 30.8 Å². The standard InChI is InChI=1S/C30H27F4N5O3S/c1-18(43(41,42)25-16-36-38(2)17-25)19-3-4-21-12-27-20(15-37-39(27)24-7-5-23(31)6-8-24)14-29(21,13-19)28(40)26-11-22(9-10-35-26)30(32,33)34/h5-12,15-19H,3-4,13-14H2,1-2H3/t18-,19+,29-/m1/s1. The molecule has 0 spiro atoms. The lowest BCUT2D eigenvalue weighted by Gasteiger charge is -2.45. The van der Waals surface area contributed by atoms with E-state index in [1.165, 1.54) is 29.2 Å². The molecule has 1 aromatic carbocycles. The van der Waals surface area contributed by atoms with Crippen molar-refractivity contribution in [3.63, 3.8) is 0 Å². The minimum absolute atomic E-state index is 0.0651. The van der Waals surface area contributed by atoms with Crippen molar-refractivity contribution in [3.05, 3.63) is 95.1 Å². The van der Waals surface area contributed by atoms with Crippen molar-refractivity contribution in [2.75, 3.05) is 0 Å². The van der Waals surface area contributed by atoms with E-state index in [0.29, 0.717) is 35.4 Å². The molecule has 2 aliphatic carbocycles. The second-order valence-corrected chi connectivity index (χ2v) is 13.5. The van der Waals surface area contributed by atoms with E-state index in [2.05, 4.69) is 15.2 Å². The van der Waals surface area contributed by atoms with Crippen LogP contribution in [-0.4, -0.2) is 44.0 Å². The van der Waals surface area contributed by atoms with Crippen LogP contribution in [0.1, 0.15) is 53.5 Å². The summed E-state index contributed by atoms with van der Waals surface area (Å²) in [5.74, 6) is -1.48. The van der Waals surface area contributed by atoms with Crippen LogP contribution >= 0.6 is 0 Å². The highest BCUT2D eigenvalue weighted by atomic mass is 32.2. The Kier molecular flexibility index (Phi) is 6.90. The molecule has 13 heteroatoms. The molecule has 0 bridgehead atoms. The summed E-state index contributed by atoms with van der Waals surface area (Å²) in [6.45, 7) is 1.60. The number of alkyl halides is 3. The SMILES string of the molecule is C[C@H]([C@H]1CCC2=Cc3c(cnn3-c3ccc(F)cc3)C[C@]2(C(=O)c2cc(C(F)(F)F)ccn2)C1)S(=O)(=O)c1cnn(C)c1. The zero-order valence-corrected chi connectivity index (χ0v) is 24.0. The van der Waals surface area contributed by atoms with Crippen LogP contribution in [0.5, 0.6) is 0 Å².